The van der Waals surface area contributed by atoms with Crippen LogP contribution in [-0.2, 0) is 0 Å². The van der Waals surface area contributed by atoms with Crippen molar-refractivity contribution in [3.8, 4) is 0 Å². The number of para-hydroxylation sites is 1. The van der Waals surface area contributed by atoms with Gasteiger partial charge in [0.15, 0.2) is 0 Å². The topological polar surface area (TPSA) is 67.2 Å². The zero-order valence-corrected chi connectivity index (χ0v) is 11.6. The molecule has 0 heterocycles. The summed E-state index contributed by atoms with van der Waals surface area (Å²) in [5.74, 6) is 4.26. The Labute approximate surface area is 120 Å². The summed E-state index contributed by atoms with van der Waals surface area (Å²) in [6.07, 6.45) is 1.95. The molecule has 0 unspecified atom stereocenters. The second-order valence-corrected chi connectivity index (χ2v) is 4.87. The number of hydrazine groups is 1. The van der Waals surface area contributed by atoms with Gasteiger partial charge in [0.1, 0.15) is 5.82 Å². The maximum absolute atomic E-state index is 13.5. The van der Waals surface area contributed by atoms with E-state index in [0.29, 0.717) is 5.69 Å². The third kappa shape index (κ3) is 3.09. The molecule has 2 aromatic rings. The lowest BCUT2D eigenvalue weighted by molar-refractivity contribution is 0.102. The molecule has 20 heavy (non-hydrogen) atoms. The minimum Gasteiger partial charge on any atom is -0.322 e. The van der Waals surface area contributed by atoms with Gasteiger partial charge in [-0.05, 0) is 36.6 Å². The van der Waals surface area contributed by atoms with Crippen molar-refractivity contribution < 1.29 is 9.18 Å². The van der Waals surface area contributed by atoms with Crippen molar-refractivity contribution in [2.75, 3.05) is 17.0 Å². The average Bonchev–Trinajstić information content (AvgIpc) is 2.47. The van der Waals surface area contributed by atoms with Crippen molar-refractivity contribution in [3.63, 3.8) is 0 Å². The van der Waals surface area contributed by atoms with Crippen molar-refractivity contribution >= 4 is 29.0 Å². The molecular formula is C14H14FN3OS. The van der Waals surface area contributed by atoms with Crippen LogP contribution in [-0.4, -0.2) is 12.2 Å². The summed E-state index contributed by atoms with van der Waals surface area (Å²) in [5.41, 5.74) is 2.99. The third-order valence-corrected chi connectivity index (χ3v) is 3.46. The van der Waals surface area contributed by atoms with Gasteiger partial charge in [-0.15, -0.1) is 11.8 Å². The summed E-state index contributed by atoms with van der Waals surface area (Å²) in [6, 6.07) is 11.6. The van der Waals surface area contributed by atoms with Crippen molar-refractivity contribution in [2.24, 2.45) is 5.84 Å². The first-order valence-corrected chi connectivity index (χ1v) is 7.08. The van der Waals surface area contributed by atoms with Gasteiger partial charge in [0.05, 0.1) is 11.3 Å². The van der Waals surface area contributed by atoms with E-state index in [4.69, 9.17) is 5.84 Å². The second kappa shape index (κ2) is 6.40. The van der Waals surface area contributed by atoms with Gasteiger partial charge >= 0.3 is 0 Å². The standard InChI is InChI=1S/C14H14FN3OS/c1-20-10-5-2-4-9(8-10)17-14(19)11-6-3-7-12(15)13(11)18-16/h2-8,18H,16H2,1H3,(H,17,19). The van der Waals surface area contributed by atoms with Crippen LogP contribution in [0.2, 0.25) is 0 Å². The number of carbonyl (C=O) groups excluding carboxylic acids is 1. The molecule has 0 saturated carbocycles. The van der Waals surface area contributed by atoms with E-state index in [-0.39, 0.29) is 11.3 Å². The number of amides is 1. The molecule has 0 aromatic heterocycles. The van der Waals surface area contributed by atoms with Crippen LogP contribution in [0.3, 0.4) is 0 Å². The number of thioether (sulfide) groups is 1. The highest BCUT2D eigenvalue weighted by Gasteiger charge is 2.14. The number of halogens is 1. The lowest BCUT2D eigenvalue weighted by atomic mass is 10.1. The summed E-state index contributed by atoms with van der Waals surface area (Å²) in [5, 5.41) is 2.72. The van der Waals surface area contributed by atoms with Gasteiger partial charge in [-0.25, -0.2) is 4.39 Å². The summed E-state index contributed by atoms with van der Waals surface area (Å²) in [6.45, 7) is 0. The Morgan fingerprint density at radius 1 is 1.25 bits per heavy atom. The van der Waals surface area contributed by atoms with E-state index in [2.05, 4.69) is 10.7 Å². The number of hydrogen-bond acceptors (Lipinski definition) is 4. The van der Waals surface area contributed by atoms with E-state index in [1.54, 1.807) is 17.8 Å². The zero-order valence-electron chi connectivity index (χ0n) is 10.8. The fourth-order valence-electron chi connectivity index (χ4n) is 1.76. The molecule has 0 spiro atoms. The minimum absolute atomic E-state index is 0.0222. The first kappa shape index (κ1) is 14.4. The van der Waals surface area contributed by atoms with Crippen LogP contribution in [0.5, 0.6) is 0 Å². The maximum atomic E-state index is 13.5. The number of nitrogens with two attached hydrogens (primary N) is 1. The maximum Gasteiger partial charge on any atom is 0.257 e. The minimum atomic E-state index is -0.571. The fraction of sp³-hybridized carbons (Fsp3) is 0.0714. The van der Waals surface area contributed by atoms with Crippen molar-refractivity contribution in [2.45, 2.75) is 4.90 Å². The molecule has 2 rings (SSSR count). The molecule has 0 aliphatic heterocycles. The van der Waals surface area contributed by atoms with Crippen LogP contribution in [0.15, 0.2) is 47.4 Å². The van der Waals surface area contributed by atoms with Crippen LogP contribution in [0.4, 0.5) is 15.8 Å². The van der Waals surface area contributed by atoms with E-state index in [0.717, 1.165) is 4.90 Å². The first-order valence-electron chi connectivity index (χ1n) is 5.86. The van der Waals surface area contributed by atoms with Gasteiger partial charge in [0.2, 0.25) is 0 Å². The molecule has 0 bridgehead atoms. The highest BCUT2D eigenvalue weighted by molar-refractivity contribution is 7.98. The fourth-order valence-corrected chi connectivity index (χ4v) is 2.22. The van der Waals surface area contributed by atoms with Crippen LogP contribution in [0, 0.1) is 5.82 Å². The SMILES string of the molecule is CSc1cccc(NC(=O)c2cccc(F)c2NN)c1. The number of nitrogen functional groups attached to an aromatic ring is 1. The van der Waals surface area contributed by atoms with E-state index in [1.165, 1.54) is 18.2 Å². The summed E-state index contributed by atoms with van der Waals surface area (Å²) in [7, 11) is 0. The predicted molar refractivity (Wildman–Crippen MR) is 80.4 cm³/mol. The van der Waals surface area contributed by atoms with Crippen molar-refractivity contribution in [1.82, 2.24) is 0 Å². The molecule has 104 valence electrons. The van der Waals surface area contributed by atoms with E-state index >= 15 is 0 Å². The Hall–Kier alpha value is -2.05. The number of rotatable bonds is 4. The van der Waals surface area contributed by atoms with Crippen LogP contribution in [0.25, 0.3) is 0 Å². The van der Waals surface area contributed by atoms with Gasteiger partial charge in [0.25, 0.3) is 5.91 Å². The van der Waals surface area contributed by atoms with E-state index in [1.807, 2.05) is 24.5 Å². The Morgan fingerprint density at radius 3 is 2.70 bits per heavy atom. The largest absolute Gasteiger partial charge is 0.322 e. The van der Waals surface area contributed by atoms with Crippen LogP contribution < -0.4 is 16.6 Å². The van der Waals surface area contributed by atoms with Gasteiger partial charge in [0, 0.05) is 10.6 Å². The second-order valence-electron chi connectivity index (χ2n) is 3.99. The molecule has 6 heteroatoms. The molecule has 4 nitrogen and oxygen atoms in total. The Balaban J connectivity index is 2.26. The first-order chi connectivity index (χ1) is 9.65. The van der Waals surface area contributed by atoms with Crippen LogP contribution >= 0.6 is 11.8 Å². The highest BCUT2D eigenvalue weighted by atomic mass is 32.2. The van der Waals surface area contributed by atoms with E-state index in [9.17, 15) is 9.18 Å². The lowest BCUT2D eigenvalue weighted by Crippen LogP contribution is -2.18. The van der Waals surface area contributed by atoms with Gasteiger partial charge in [-0.1, -0.05) is 12.1 Å². The molecule has 0 fully saturated rings. The molecule has 0 aliphatic rings. The lowest BCUT2D eigenvalue weighted by Gasteiger charge is -2.11. The third-order valence-electron chi connectivity index (χ3n) is 2.73. The predicted octanol–water partition coefficient (Wildman–Crippen LogP) is 3.09. The summed E-state index contributed by atoms with van der Waals surface area (Å²) in [4.78, 5) is 13.2. The number of carbonyl (C=O) groups is 1. The zero-order chi connectivity index (χ0) is 14.5. The Kier molecular flexibility index (Phi) is 4.60. The molecule has 2 aromatic carbocycles. The average molecular weight is 291 g/mol. The normalized spacial score (nSPS) is 10.2. The highest BCUT2D eigenvalue weighted by Crippen LogP contribution is 2.22. The molecule has 0 saturated heterocycles. The number of benzene rings is 2. The monoisotopic (exact) mass is 291 g/mol. The molecule has 0 atom stereocenters. The van der Waals surface area contributed by atoms with Crippen molar-refractivity contribution in [1.29, 1.82) is 0 Å². The summed E-state index contributed by atoms with van der Waals surface area (Å²) < 4.78 is 13.5. The molecule has 4 N–H and O–H groups in total. The number of nitrogens with one attached hydrogen (secondary N) is 2. The molecule has 0 radical (unpaired) electrons. The molecule has 0 aliphatic carbocycles. The quantitative estimate of drug-likeness (QED) is 0.460. The van der Waals surface area contributed by atoms with Gasteiger partial charge < -0.3 is 10.7 Å². The number of anilines is 2. The van der Waals surface area contributed by atoms with Crippen molar-refractivity contribution in [3.05, 3.63) is 53.8 Å². The Morgan fingerprint density at radius 2 is 2.00 bits per heavy atom. The number of hydrogen-bond donors (Lipinski definition) is 3. The molecule has 1 amide bonds. The molecular weight excluding hydrogens is 277 g/mol. The van der Waals surface area contributed by atoms with E-state index < -0.39 is 11.7 Å². The van der Waals surface area contributed by atoms with Crippen LogP contribution in [0.1, 0.15) is 10.4 Å². The Bertz CT molecular complexity index is 634. The van der Waals surface area contributed by atoms with Gasteiger partial charge in [-0.3, -0.25) is 10.6 Å². The van der Waals surface area contributed by atoms with Gasteiger partial charge in [-0.2, -0.15) is 0 Å². The summed E-state index contributed by atoms with van der Waals surface area (Å²) >= 11 is 1.57. The smallest absolute Gasteiger partial charge is 0.257 e.